The zero-order valence-corrected chi connectivity index (χ0v) is 35.5. The standard InChI is InChI=1S/C47H75N2O3P/c1-24-41-39-45-40-42(24)52-34-23-28(47(5,6)7)17-19-32(34)49(40)38-30-15-11-9-13-26(30)21-36-44(38)53(45)43-35(50-36)20-25-12-8-10-14-29(25)37(43)48(39)31-18-16-27(46(2,3)4)22-33(31)51-41/h24-45H,8-23H2,1-7H3. The van der Waals surface area contributed by atoms with Crippen molar-refractivity contribution < 1.29 is 14.2 Å². The topological polar surface area (TPSA) is 34.2 Å². The Morgan fingerprint density at radius 1 is 0.472 bits per heavy atom. The van der Waals surface area contributed by atoms with Crippen molar-refractivity contribution in [1.29, 1.82) is 0 Å². The minimum atomic E-state index is -0.190. The summed E-state index contributed by atoms with van der Waals surface area (Å²) in [5.74, 6) is 5.54. The van der Waals surface area contributed by atoms with Gasteiger partial charge < -0.3 is 14.2 Å². The van der Waals surface area contributed by atoms with E-state index in [4.69, 9.17) is 14.2 Å². The fourth-order valence-corrected chi connectivity index (χ4v) is 22.9. The normalized spacial score (nSPS) is 59.7. The summed E-state index contributed by atoms with van der Waals surface area (Å²) in [6.45, 7) is 17.7. The molecule has 20 atom stereocenters. The molecule has 12 rings (SSSR count). The summed E-state index contributed by atoms with van der Waals surface area (Å²) in [6, 6.07) is 3.92. The Bertz CT molecular complexity index is 1340. The molecule has 0 aromatic carbocycles. The molecular weight excluding hydrogens is 672 g/mol. The van der Waals surface area contributed by atoms with E-state index in [9.17, 15) is 0 Å². The van der Waals surface area contributed by atoms with Gasteiger partial charge >= 0.3 is 0 Å². The molecule has 0 spiro atoms. The van der Waals surface area contributed by atoms with Crippen LogP contribution in [0.1, 0.15) is 151 Å². The van der Waals surface area contributed by atoms with Crippen molar-refractivity contribution in [2.45, 2.75) is 241 Å². The molecule has 0 bridgehead atoms. The predicted octanol–water partition coefficient (Wildman–Crippen LogP) is 9.48. The Morgan fingerprint density at radius 2 is 0.925 bits per heavy atom. The molecular formula is C47H75N2O3P. The molecule has 20 unspecified atom stereocenters. The van der Waals surface area contributed by atoms with Crippen molar-refractivity contribution in [3.63, 3.8) is 0 Å². The van der Waals surface area contributed by atoms with E-state index >= 15 is 0 Å². The van der Waals surface area contributed by atoms with Gasteiger partial charge in [0.25, 0.3) is 0 Å². The van der Waals surface area contributed by atoms with E-state index < -0.39 is 0 Å². The third-order valence-electron chi connectivity index (χ3n) is 19.9. The van der Waals surface area contributed by atoms with Crippen LogP contribution in [-0.2, 0) is 14.2 Å². The highest BCUT2D eigenvalue weighted by molar-refractivity contribution is 7.60. The van der Waals surface area contributed by atoms with Gasteiger partial charge in [-0.25, -0.2) is 0 Å². The van der Waals surface area contributed by atoms with Crippen LogP contribution in [0.15, 0.2) is 0 Å². The van der Waals surface area contributed by atoms with Crippen LogP contribution in [0, 0.1) is 52.3 Å². The Labute approximate surface area is 324 Å². The second-order valence-corrected chi connectivity index (χ2v) is 26.6. The van der Waals surface area contributed by atoms with Gasteiger partial charge in [0, 0.05) is 59.1 Å². The first-order valence-electron chi connectivity index (χ1n) is 23.8. The number of morpholine rings is 2. The van der Waals surface area contributed by atoms with Gasteiger partial charge in [0.2, 0.25) is 0 Å². The first-order chi connectivity index (χ1) is 25.5. The molecule has 12 aliphatic rings. The molecule has 12 fully saturated rings. The molecule has 0 N–H and O–H groups in total. The van der Waals surface area contributed by atoms with Crippen LogP contribution in [0.4, 0.5) is 0 Å². The number of nitrogens with zero attached hydrogens (tertiary/aromatic N) is 2. The van der Waals surface area contributed by atoms with Crippen LogP contribution < -0.4 is 0 Å². The van der Waals surface area contributed by atoms with Gasteiger partial charge in [0.1, 0.15) is 0 Å². The van der Waals surface area contributed by atoms with Crippen LogP contribution in [0.25, 0.3) is 0 Å². The summed E-state index contributed by atoms with van der Waals surface area (Å²) in [4.78, 5) is 6.79. The molecule has 5 nitrogen and oxygen atoms in total. The molecule has 6 heteroatoms. The Morgan fingerprint density at radius 3 is 1.38 bits per heavy atom. The number of fused-ring (bicyclic) bond motifs is 10. The molecule has 5 heterocycles. The van der Waals surface area contributed by atoms with E-state index in [1.54, 1.807) is 0 Å². The van der Waals surface area contributed by atoms with E-state index in [-0.39, 0.29) is 7.92 Å². The average Bonchev–Trinajstić information content (AvgIpc) is 3.14. The van der Waals surface area contributed by atoms with Crippen LogP contribution in [0.5, 0.6) is 0 Å². The minimum absolute atomic E-state index is 0.190. The predicted molar refractivity (Wildman–Crippen MR) is 214 cm³/mol. The third-order valence-corrected chi connectivity index (χ3v) is 23.9. The molecule has 0 aromatic rings. The van der Waals surface area contributed by atoms with Gasteiger partial charge in [-0.1, -0.05) is 94.9 Å². The smallest absolute Gasteiger partial charge is 0.0792 e. The van der Waals surface area contributed by atoms with Gasteiger partial charge in [-0.05, 0) is 111 Å². The minimum Gasteiger partial charge on any atom is -0.374 e. The maximum Gasteiger partial charge on any atom is 0.0792 e. The zero-order valence-electron chi connectivity index (χ0n) is 34.6. The molecule has 0 amide bonds. The van der Waals surface area contributed by atoms with Crippen molar-refractivity contribution >= 4 is 7.92 Å². The average molecular weight is 747 g/mol. The number of hydrogen-bond acceptors (Lipinski definition) is 5. The van der Waals surface area contributed by atoms with Crippen LogP contribution >= 0.6 is 7.92 Å². The van der Waals surface area contributed by atoms with Gasteiger partial charge in [-0.2, -0.15) is 0 Å². The highest BCUT2D eigenvalue weighted by Gasteiger charge is 2.76. The van der Waals surface area contributed by atoms with Gasteiger partial charge in [-0.15, -0.1) is 0 Å². The van der Waals surface area contributed by atoms with Crippen LogP contribution in [0.3, 0.4) is 0 Å². The first kappa shape index (κ1) is 35.2. The van der Waals surface area contributed by atoms with Crippen molar-refractivity contribution in [3.05, 3.63) is 0 Å². The van der Waals surface area contributed by atoms with Crippen molar-refractivity contribution in [1.82, 2.24) is 9.80 Å². The second-order valence-electron chi connectivity index (χ2n) is 23.9. The Balaban J connectivity index is 1.03. The number of hydrogen-bond donors (Lipinski definition) is 0. The zero-order chi connectivity index (χ0) is 35.9. The number of rotatable bonds is 0. The third kappa shape index (κ3) is 4.89. The molecule has 0 aromatic heterocycles. The lowest BCUT2D eigenvalue weighted by Gasteiger charge is -2.79. The quantitative estimate of drug-likeness (QED) is 0.231. The highest BCUT2D eigenvalue weighted by atomic mass is 31.1. The maximum absolute atomic E-state index is 7.90. The van der Waals surface area contributed by atoms with E-state index in [0.29, 0.717) is 77.5 Å². The summed E-state index contributed by atoms with van der Waals surface area (Å²) in [6.07, 6.45) is 25.0. The van der Waals surface area contributed by atoms with Crippen molar-refractivity contribution in [2.24, 2.45) is 52.3 Å². The van der Waals surface area contributed by atoms with E-state index in [0.717, 1.165) is 64.6 Å². The summed E-state index contributed by atoms with van der Waals surface area (Å²) in [5, 5.41) is 0. The largest absolute Gasteiger partial charge is 0.374 e. The van der Waals surface area contributed by atoms with Gasteiger partial charge in [0.15, 0.2) is 0 Å². The van der Waals surface area contributed by atoms with Crippen LogP contribution in [0.2, 0.25) is 0 Å². The number of ether oxygens (including phenoxy) is 3. The summed E-state index contributed by atoms with van der Waals surface area (Å²) in [7, 11) is -0.190. The molecule has 0 radical (unpaired) electrons. The van der Waals surface area contributed by atoms with Crippen molar-refractivity contribution in [2.75, 3.05) is 0 Å². The lowest BCUT2D eigenvalue weighted by Crippen LogP contribution is -2.88. The molecule has 5 aliphatic heterocycles. The summed E-state index contributed by atoms with van der Waals surface area (Å²) in [5.41, 5.74) is 3.03. The molecule has 296 valence electrons. The lowest BCUT2D eigenvalue weighted by atomic mass is 9.60. The van der Waals surface area contributed by atoms with Crippen molar-refractivity contribution in [3.8, 4) is 0 Å². The maximum atomic E-state index is 7.90. The Kier molecular flexibility index (Phi) is 8.07. The van der Waals surface area contributed by atoms with E-state index in [2.05, 4.69) is 58.3 Å². The van der Waals surface area contributed by atoms with E-state index in [1.165, 1.54) is 103 Å². The summed E-state index contributed by atoms with van der Waals surface area (Å²) < 4.78 is 23.6. The summed E-state index contributed by atoms with van der Waals surface area (Å²) >= 11 is 0. The molecule has 7 saturated carbocycles. The highest BCUT2D eigenvalue weighted by Crippen LogP contribution is 2.76. The second kappa shape index (κ2) is 12.1. The Hall–Kier alpha value is 0.230. The van der Waals surface area contributed by atoms with Crippen LogP contribution in [-0.4, -0.2) is 99.7 Å². The first-order valence-corrected chi connectivity index (χ1v) is 25.3. The fraction of sp³-hybridized carbons (Fsp3) is 1.00. The fourth-order valence-electron chi connectivity index (χ4n) is 17.7. The lowest BCUT2D eigenvalue weighted by molar-refractivity contribution is -0.294. The van der Waals surface area contributed by atoms with E-state index in [1.807, 2.05) is 0 Å². The van der Waals surface area contributed by atoms with Gasteiger partial charge in [-0.3, -0.25) is 9.80 Å². The monoisotopic (exact) mass is 747 g/mol. The SMILES string of the molecule is CC1C2OC3CC(C(C)(C)C)CCC3N3C4C5CCCCC5CC5OC6CC7CCCCC7C7C6P(C54)C(C23)C2C1OC1CC(C(C)(C)C)CCC1N72. The molecule has 5 saturated heterocycles. The molecule has 53 heavy (non-hydrogen) atoms. The van der Waals surface area contributed by atoms with Gasteiger partial charge in [0.05, 0.1) is 36.6 Å². The molecule has 7 aliphatic carbocycles.